The second kappa shape index (κ2) is 3.64. The lowest BCUT2D eigenvalue weighted by Crippen LogP contribution is -2.50. The monoisotopic (exact) mass is 172 g/mol. The van der Waals surface area contributed by atoms with Crippen LogP contribution in [0.4, 0.5) is 0 Å². The molecule has 0 spiro atoms. The van der Waals surface area contributed by atoms with Crippen LogP contribution in [0.5, 0.6) is 0 Å². The molecule has 0 aromatic carbocycles. The van der Waals surface area contributed by atoms with Crippen LogP contribution in [-0.2, 0) is 14.3 Å². The van der Waals surface area contributed by atoms with Gasteiger partial charge in [-0.05, 0) is 6.92 Å². The zero-order valence-corrected chi connectivity index (χ0v) is 6.95. The largest absolute Gasteiger partial charge is 0.362 e. The SMILES string of the molecule is C[C@H](N)CN1C(=O)COCC1=O. The number of imide groups is 1. The lowest BCUT2D eigenvalue weighted by molar-refractivity contribution is -0.158. The Morgan fingerprint density at radius 2 is 2.00 bits per heavy atom. The van der Waals surface area contributed by atoms with Gasteiger partial charge in [0.1, 0.15) is 13.2 Å². The second-order valence-corrected chi connectivity index (χ2v) is 2.87. The normalized spacial score (nSPS) is 21.3. The number of carbonyl (C=O) groups excluding carboxylic acids is 2. The van der Waals surface area contributed by atoms with Crippen molar-refractivity contribution in [2.24, 2.45) is 5.73 Å². The van der Waals surface area contributed by atoms with Crippen LogP contribution in [0, 0.1) is 0 Å². The minimum Gasteiger partial charge on any atom is -0.362 e. The first-order valence-electron chi connectivity index (χ1n) is 3.78. The number of nitrogens with two attached hydrogens (primary N) is 1. The Bertz CT molecular complexity index is 187. The van der Waals surface area contributed by atoms with Crippen LogP contribution in [0.3, 0.4) is 0 Å². The average molecular weight is 172 g/mol. The average Bonchev–Trinajstić information content (AvgIpc) is 1.97. The highest BCUT2D eigenvalue weighted by Crippen LogP contribution is 2.00. The number of morpholine rings is 1. The molecular weight excluding hydrogens is 160 g/mol. The van der Waals surface area contributed by atoms with E-state index < -0.39 is 0 Å². The van der Waals surface area contributed by atoms with Crippen molar-refractivity contribution < 1.29 is 14.3 Å². The number of hydrogen-bond acceptors (Lipinski definition) is 4. The van der Waals surface area contributed by atoms with Crippen molar-refractivity contribution in [3.05, 3.63) is 0 Å². The smallest absolute Gasteiger partial charge is 0.255 e. The number of ether oxygens (including phenoxy) is 1. The highest BCUT2D eigenvalue weighted by molar-refractivity contribution is 5.98. The molecule has 0 aliphatic carbocycles. The maximum absolute atomic E-state index is 11.1. The summed E-state index contributed by atoms with van der Waals surface area (Å²) in [4.78, 5) is 23.3. The summed E-state index contributed by atoms with van der Waals surface area (Å²) >= 11 is 0. The third-order valence-electron chi connectivity index (χ3n) is 1.52. The molecule has 0 bridgehead atoms. The predicted octanol–water partition coefficient (Wildman–Crippen LogP) is -1.28. The number of carbonyl (C=O) groups is 2. The second-order valence-electron chi connectivity index (χ2n) is 2.87. The number of amides is 2. The van der Waals surface area contributed by atoms with Gasteiger partial charge in [-0.2, -0.15) is 0 Å². The summed E-state index contributed by atoms with van der Waals surface area (Å²) in [5, 5.41) is 0. The van der Waals surface area contributed by atoms with Gasteiger partial charge in [0.2, 0.25) is 0 Å². The zero-order valence-electron chi connectivity index (χ0n) is 6.95. The topological polar surface area (TPSA) is 72.6 Å². The first kappa shape index (κ1) is 9.15. The van der Waals surface area contributed by atoms with Gasteiger partial charge >= 0.3 is 0 Å². The summed E-state index contributed by atoms with van der Waals surface area (Å²) in [6.07, 6.45) is 0. The summed E-state index contributed by atoms with van der Waals surface area (Å²) < 4.78 is 4.72. The van der Waals surface area contributed by atoms with Crippen molar-refractivity contribution in [3.63, 3.8) is 0 Å². The molecule has 1 fully saturated rings. The van der Waals surface area contributed by atoms with Gasteiger partial charge in [-0.25, -0.2) is 0 Å². The maximum Gasteiger partial charge on any atom is 0.255 e. The van der Waals surface area contributed by atoms with E-state index in [1.165, 1.54) is 0 Å². The Morgan fingerprint density at radius 3 is 2.42 bits per heavy atom. The van der Waals surface area contributed by atoms with Gasteiger partial charge in [-0.3, -0.25) is 14.5 Å². The lowest BCUT2D eigenvalue weighted by Gasteiger charge is -2.26. The summed E-state index contributed by atoms with van der Waals surface area (Å²) in [5.74, 6) is -0.605. The van der Waals surface area contributed by atoms with Crippen LogP contribution in [0.2, 0.25) is 0 Å². The van der Waals surface area contributed by atoms with Crippen molar-refractivity contribution in [1.82, 2.24) is 4.90 Å². The molecule has 5 heteroatoms. The van der Waals surface area contributed by atoms with Gasteiger partial charge in [0.05, 0.1) is 0 Å². The lowest BCUT2D eigenvalue weighted by atomic mass is 10.3. The minimum atomic E-state index is -0.302. The van der Waals surface area contributed by atoms with Crippen LogP contribution in [0.15, 0.2) is 0 Å². The zero-order chi connectivity index (χ0) is 9.14. The van der Waals surface area contributed by atoms with E-state index in [1.54, 1.807) is 6.92 Å². The summed E-state index contributed by atoms with van der Waals surface area (Å²) in [6, 6.07) is -0.184. The predicted molar refractivity (Wildman–Crippen MR) is 41.2 cm³/mol. The number of rotatable bonds is 2. The summed E-state index contributed by atoms with van der Waals surface area (Å²) in [7, 11) is 0. The standard InChI is InChI=1S/C7H12N2O3/c1-5(8)2-9-6(10)3-12-4-7(9)11/h5H,2-4,8H2,1H3/t5-/m0/s1. The van der Waals surface area contributed by atoms with Crippen LogP contribution in [-0.4, -0.2) is 42.5 Å². The highest BCUT2D eigenvalue weighted by atomic mass is 16.5. The van der Waals surface area contributed by atoms with Gasteiger partial charge in [0.25, 0.3) is 11.8 Å². The van der Waals surface area contributed by atoms with Gasteiger partial charge in [-0.15, -0.1) is 0 Å². The number of nitrogens with zero attached hydrogens (tertiary/aromatic N) is 1. The Morgan fingerprint density at radius 1 is 1.50 bits per heavy atom. The van der Waals surface area contributed by atoms with E-state index in [1.807, 2.05) is 0 Å². The van der Waals surface area contributed by atoms with Crippen LogP contribution < -0.4 is 5.73 Å². The fraction of sp³-hybridized carbons (Fsp3) is 0.714. The van der Waals surface area contributed by atoms with Crippen LogP contribution >= 0.6 is 0 Å². The molecule has 2 N–H and O–H groups in total. The Hall–Kier alpha value is -0.940. The molecule has 1 heterocycles. The van der Waals surface area contributed by atoms with Crippen molar-refractivity contribution in [2.45, 2.75) is 13.0 Å². The molecule has 1 saturated heterocycles. The summed E-state index contributed by atoms with van der Waals surface area (Å²) in [6.45, 7) is 1.99. The third kappa shape index (κ3) is 2.02. The molecule has 1 atom stereocenters. The van der Waals surface area contributed by atoms with E-state index in [0.29, 0.717) is 0 Å². The van der Waals surface area contributed by atoms with Gasteiger partial charge < -0.3 is 10.5 Å². The van der Waals surface area contributed by atoms with E-state index >= 15 is 0 Å². The first-order valence-corrected chi connectivity index (χ1v) is 3.78. The first-order chi connectivity index (χ1) is 5.61. The molecule has 12 heavy (non-hydrogen) atoms. The molecule has 0 aromatic rings. The number of hydrogen-bond donors (Lipinski definition) is 1. The molecule has 5 nitrogen and oxygen atoms in total. The Labute approximate surface area is 70.5 Å². The van der Waals surface area contributed by atoms with Crippen LogP contribution in [0.25, 0.3) is 0 Å². The van der Waals surface area contributed by atoms with E-state index in [4.69, 9.17) is 10.5 Å². The quantitative estimate of drug-likeness (QED) is 0.526. The van der Waals surface area contributed by atoms with Crippen molar-refractivity contribution in [1.29, 1.82) is 0 Å². The minimum absolute atomic E-state index is 0.0154. The van der Waals surface area contributed by atoms with Gasteiger partial charge in [0, 0.05) is 12.6 Å². The molecule has 68 valence electrons. The molecule has 0 saturated carbocycles. The Kier molecular flexibility index (Phi) is 2.78. The van der Waals surface area contributed by atoms with E-state index in [2.05, 4.69) is 0 Å². The molecule has 0 aromatic heterocycles. The van der Waals surface area contributed by atoms with E-state index in [9.17, 15) is 9.59 Å². The molecular formula is C7H12N2O3. The van der Waals surface area contributed by atoms with E-state index in [-0.39, 0.29) is 37.6 Å². The molecule has 1 rings (SSSR count). The molecule has 0 unspecified atom stereocenters. The fourth-order valence-corrected chi connectivity index (χ4v) is 1.01. The third-order valence-corrected chi connectivity index (χ3v) is 1.52. The van der Waals surface area contributed by atoms with Gasteiger partial charge in [-0.1, -0.05) is 0 Å². The van der Waals surface area contributed by atoms with Crippen LogP contribution in [0.1, 0.15) is 6.92 Å². The maximum atomic E-state index is 11.1. The van der Waals surface area contributed by atoms with Crippen molar-refractivity contribution in [2.75, 3.05) is 19.8 Å². The summed E-state index contributed by atoms with van der Waals surface area (Å²) in [5.41, 5.74) is 5.46. The van der Waals surface area contributed by atoms with E-state index in [0.717, 1.165) is 4.90 Å². The van der Waals surface area contributed by atoms with Gasteiger partial charge in [0.15, 0.2) is 0 Å². The fourth-order valence-electron chi connectivity index (χ4n) is 1.01. The molecule has 0 radical (unpaired) electrons. The molecule has 1 aliphatic heterocycles. The molecule has 1 aliphatic rings. The Balaban J connectivity index is 2.57. The highest BCUT2D eigenvalue weighted by Gasteiger charge is 2.26. The molecule has 2 amide bonds. The van der Waals surface area contributed by atoms with Crippen molar-refractivity contribution in [3.8, 4) is 0 Å². The van der Waals surface area contributed by atoms with Crippen molar-refractivity contribution >= 4 is 11.8 Å².